The predicted octanol–water partition coefficient (Wildman–Crippen LogP) is 0.197. The molecule has 0 fully saturated rings. The van der Waals surface area contributed by atoms with Crippen molar-refractivity contribution in [2.24, 2.45) is 0 Å². The highest BCUT2D eigenvalue weighted by atomic mass is 16.1. The summed E-state index contributed by atoms with van der Waals surface area (Å²) < 4.78 is 0. The number of anilines is 1. The Labute approximate surface area is 76.4 Å². The molecule has 1 rings (SSSR count). The van der Waals surface area contributed by atoms with Crippen LogP contribution in [0.2, 0.25) is 0 Å². The number of nitrogens with zero attached hydrogens (tertiary/aromatic N) is 2. The molecule has 0 aromatic carbocycles. The third kappa shape index (κ3) is 2.70. The van der Waals surface area contributed by atoms with Gasteiger partial charge in [0.25, 0.3) is 5.91 Å². The van der Waals surface area contributed by atoms with Crippen molar-refractivity contribution in [2.75, 3.05) is 5.73 Å². The topological polar surface area (TPSA) is 80.9 Å². The van der Waals surface area contributed by atoms with Crippen LogP contribution in [0.25, 0.3) is 0 Å². The molecule has 1 amide bonds. The Kier molecular flexibility index (Phi) is 2.79. The molecule has 13 heavy (non-hydrogen) atoms. The molecule has 0 saturated heterocycles. The normalized spacial score (nSPS) is 10.1. The molecule has 5 nitrogen and oxygen atoms in total. The summed E-state index contributed by atoms with van der Waals surface area (Å²) in [6, 6.07) is 0.0794. The molecule has 0 atom stereocenters. The Bertz CT molecular complexity index is 311. The highest BCUT2D eigenvalue weighted by Crippen LogP contribution is 1.97. The predicted molar refractivity (Wildman–Crippen MR) is 49.0 cm³/mol. The summed E-state index contributed by atoms with van der Waals surface area (Å²) in [5, 5.41) is 2.69. The van der Waals surface area contributed by atoms with E-state index >= 15 is 0 Å². The molecule has 1 aromatic rings. The lowest BCUT2D eigenvalue weighted by Crippen LogP contribution is -2.30. The molecule has 3 N–H and O–H groups in total. The minimum Gasteiger partial charge on any atom is -0.382 e. The van der Waals surface area contributed by atoms with Crippen LogP contribution in [-0.2, 0) is 0 Å². The van der Waals surface area contributed by atoms with Gasteiger partial charge in [-0.05, 0) is 13.8 Å². The Hall–Kier alpha value is -1.65. The molecule has 0 saturated carbocycles. The van der Waals surface area contributed by atoms with E-state index in [0.29, 0.717) is 0 Å². The Morgan fingerprint density at radius 3 is 2.77 bits per heavy atom. The summed E-state index contributed by atoms with van der Waals surface area (Å²) in [4.78, 5) is 18.9. The first-order chi connectivity index (χ1) is 6.09. The van der Waals surface area contributed by atoms with Gasteiger partial charge < -0.3 is 11.1 Å². The molecule has 1 aromatic heterocycles. The zero-order valence-electron chi connectivity index (χ0n) is 7.61. The number of aromatic nitrogens is 2. The lowest BCUT2D eigenvalue weighted by atomic mass is 10.3. The van der Waals surface area contributed by atoms with E-state index in [-0.39, 0.29) is 23.5 Å². The van der Waals surface area contributed by atoms with E-state index in [9.17, 15) is 4.79 Å². The summed E-state index contributed by atoms with van der Waals surface area (Å²) in [5.41, 5.74) is 5.62. The summed E-state index contributed by atoms with van der Waals surface area (Å²) in [6.07, 6.45) is 2.78. The Balaban J connectivity index is 2.77. The van der Waals surface area contributed by atoms with Gasteiger partial charge in [0, 0.05) is 6.04 Å². The quantitative estimate of drug-likeness (QED) is 0.681. The van der Waals surface area contributed by atoms with Gasteiger partial charge in [0.15, 0.2) is 0 Å². The minimum absolute atomic E-state index is 0.0794. The van der Waals surface area contributed by atoms with Crippen LogP contribution in [0.4, 0.5) is 5.82 Å². The number of hydrogen-bond donors (Lipinski definition) is 2. The third-order valence-corrected chi connectivity index (χ3v) is 1.31. The number of carbonyl (C=O) groups is 1. The van der Waals surface area contributed by atoms with Crippen LogP contribution in [0, 0.1) is 0 Å². The average molecular weight is 180 g/mol. The van der Waals surface area contributed by atoms with Gasteiger partial charge in [0.1, 0.15) is 11.5 Å². The fourth-order valence-corrected chi connectivity index (χ4v) is 0.827. The van der Waals surface area contributed by atoms with E-state index in [1.54, 1.807) is 0 Å². The number of amides is 1. The van der Waals surface area contributed by atoms with Crippen LogP contribution in [0.5, 0.6) is 0 Å². The van der Waals surface area contributed by atoms with Gasteiger partial charge in [-0.1, -0.05) is 0 Å². The van der Waals surface area contributed by atoms with Crippen LogP contribution in [-0.4, -0.2) is 21.9 Å². The van der Waals surface area contributed by atoms with Crippen molar-refractivity contribution < 1.29 is 4.79 Å². The number of hydrogen-bond acceptors (Lipinski definition) is 4. The fourth-order valence-electron chi connectivity index (χ4n) is 0.827. The maximum Gasteiger partial charge on any atom is 0.271 e. The van der Waals surface area contributed by atoms with Crippen LogP contribution >= 0.6 is 0 Å². The van der Waals surface area contributed by atoms with Crippen molar-refractivity contribution in [3.8, 4) is 0 Å². The van der Waals surface area contributed by atoms with Gasteiger partial charge in [-0.25, -0.2) is 4.98 Å². The zero-order valence-corrected chi connectivity index (χ0v) is 7.61. The van der Waals surface area contributed by atoms with Crippen LogP contribution in [0.1, 0.15) is 24.3 Å². The van der Waals surface area contributed by atoms with E-state index in [1.807, 2.05) is 13.8 Å². The third-order valence-electron chi connectivity index (χ3n) is 1.31. The van der Waals surface area contributed by atoms with Crippen LogP contribution < -0.4 is 11.1 Å². The molecule has 5 heteroatoms. The Morgan fingerprint density at radius 2 is 2.23 bits per heavy atom. The van der Waals surface area contributed by atoms with Crippen molar-refractivity contribution in [1.82, 2.24) is 15.3 Å². The second-order valence-electron chi connectivity index (χ2n) is 2.96. The summed E-state index contributed by atoms with van der Waals surface area (Å²) in [5.74, 6) is -0.00814. The first kappa shape index (κ1) is 9.44. The first-order valence-corrected chi connectivity index (χ1v) is 3.98. The van der Waals surface area contributed by atoms with E-state index < -0.39 is 0 Å². The fraction of sp³-hybridized carbons (Fsp3) is 0.375. The summed E-state index contributed by atoms with van der Waals surface area (Å²) >= 11 is 0. The van der Waals surface area contributed by atoms with Gasteiger partial charge in [-0.2, -0.15) is 0 Å². The van der Waals surface area contributed by atoms with E-state index in [2.05, 4.69) is 15.3 Å². The van der Waals surface area contributed by atoms with Crippen molar-refractivity contribution in [2.45, 2.75) is 19.9 Å². The molecular formula is C8H12N4O. The van der Waals surface area contributed by atoms with Gasteiger partial charge in [-0.3, -0.25) is 9.78 Å². The molecule has 70 valence electrons. The van der Waals surface area contributed by atoms with Crippen molar-refractivity contribution in [3.63, 3.8) is 0 Å². The van der Waals surface area contributed by atoms with E-state index in [4.69, 9.17) is 5.73 Å². The minimum atomic E-state index is -0.255. The highest BCUT2D eigenvalue weighted by molar-refractivity contribution is 5.92. The van der Waals surface area contributed by atoms with Crippen LogP contribution in [0.3, 0.4) is 0 Å². The number of nitrogens with one attached hydrogen (secondary N) is 1. The van der Waals surface area contributed by atoms with Gasteiger partial charge >= 0.3 is 0 Å². The number of nitrogens with two attached hydrogens (primary N) is 1. The van der Waals surface area contributed by atoms with Gasteiger partial charge in [0.05, 0.1) is 12.4 Å². The summed E-state index contributed by atoms with van der Waals surface area (Å²) in [6.45, 7) is 3.75. The second-order valence-corrected chi connectivity index (χ2v) is 2.96. The van der Waals surface area contributed by atoms with Crippen molar-refractivity contribution >= 4 is 11.7 Å². The molecule has 1 heterocycles. The molecule has 0 aliphatic rings. The van der Waals surface area contributed by atoms with Crippen molar-refractivity contribution in [3.05, 3.63) is 18.1 Å². The molecule has 0 aliphatic heterocycles. The maximum absolute atomic E-state index is 11.3. The maximum atomic E-state index is 11.3. The molecule has 0 spiro atoms. The summed E-state index contributed by atoms with van der Waals surface area (Å²) in [7, 11) is 0. The molecule has 0 bridgehead atoms. The second kappa shape index (κ2) is 3.84. The highest BCUT2D eigenvalue weighted by Gasteiger charge is 2.08. The Morgan fingerprint density at radius 1 is 1.54 bits per heavy atom. The van der Waals surface area contributed by atoms with Crippen LogP contribution in [0.15, 0.2) is 12.4 Å². The van der Waals surface area contributed by atoms with Gasteiger partial charge in [0.2, 0.25) is 0 Å². The van der Waals surface area contributed by atoms with Crippen molar-refractivity contribution in [1.29, 1.82) is 0 Å². The smallest absolute Gasteiger partial charge is 0.271 e. The monoisotopic (exact) mass is 180 g/mol. The average Bonchev–Trinajstić information content (AvgIpc) is 2.03. The number of nitrogen functional groups attached to an aromatic ring is 1. The molecular weight excluding hydrogens is 168 g/mol. The van der Waals surface area contributed by atoms with E-state index in [0.717, 1.165) is 0 Å². The lowest BCUT2D eigenvalue weighted by Gasteiger charge is -2.06. The SMILES string of the molecule is CC(C)NC(=O)c1cncc(N)n1. The lowest BCUT2D eigenvalue weighted by molar-refractivity contribution is 0.0938. The zero-order chi connectivity index (χ0) is 9.84. The number of rotatable bonds is 2. The molecule has 0 radical (unpaired) electrons. The van der Waals surface area contributed by atoms with Gasteiger partial charge in [-0.15, -0.1) is 0 Å². The standard InChI is InChI=1S/C8H12N4O/c1-5(2)11-8(13)6-3-10-4-7(9)12-6/h3-5H,1-2H3,(H2,9,12)(H,11,13). The van der Waals surface area contributed by atoms with E-state index in [1.165, 1.54) is 12.4 Å². The molecule has 0 unspecified atom stereocenters. The molecule has 0 aliphatic carbocycles. The largest absolute Gasteiger partial charge is 0.382 e. The number of carbonyl (C=O) groups excluding carboxylic acids is 1. The first-order valence-electron chi connectivity index (χ1n) is 3.98.